The minimum atomic E-state index is -0.0678. The monoisotopic (exact) mass is 363 g/mol. The molecule has 1 amide bonds. The van der Waals surface area contributed by atoms with Crippen LogP contribution in [0, 0.1) is 13.8 Å². The van der Waals surface area contributed by atoms with Crippen molar-refractivity contribution in [1.29, 1.82) is 0 Å². The van der Waals surface area contributed by atoms with Gasteiger partial charge in [-0.15, -0.1) is 11.3 Å². The zero-order valence-corrected chi connectivity index (χ0v) is 15.3. The summed E-state index contributed by atoms with van der Waals surface area (Å²) in [6, 6.07) is 13.4. The number of hydrogen-bond acceptors (Lipinski definition) is 5. The van der Waals surface area contributed by atoms with E-state index in [2.05, 4.69) is 15.3 Å². The van der Waals surface area contributed by atoms with E-state index in [0.29, 0.717) is 23.6 Å². The molecule has 2 heterocycles. The van der Waals surface area contributed by atoms with Crippen LogP contribution in [0.25, 0.3) is 22.4 Å². The van der Waals surface area contributed by atoms with E-state index in [4.69, 9.17) is 4.42 Å². The third-order valence-corrected chi connectivity index (χ3v) is 4.79. The lowest BCUT2D eigenvalue weighted by molar-refractivity contribution is -0.115. The van der Waals surface area contributed by atoms with Crippen molar-refractivity contribution in [3.8, 4) is 11.3 Å². The van der Waals surface area contributed by atoms with Crippen molar-refractivity contribution in [2.24, 2.45) is 0 Å². The van der Waals surface area contributed by atoms with Gasteiger partial charge >= 0.3 is 0 Å². The number of aromatic nitrogens is 2. The molecule has 6 heteroatoms. The van der Waals surface area contributed by atoms with Crippen LogP contribution < -0.4 is 5.32 Å². The van der Waals surface area contributed by atoms with Crippen molar-refractivity contribution < 1.29 is 9.21 Å². The van der Waals surface area contributed by atoms with Crippen molar-refractivity contribution >= 4 is 34.0 Å². The van der Waals surface area contributed by atoms with Crippen LogP contribution in [0.1, 0.15) is 16.5 Å². The molecule has 0 atom stereocenters. The SMILES string of the molecule is Cc1nc2cc(NC(=O)Cc3ccc(-c4csc(C)n4)cc3)ccc2o1. The highest BCUT2D eigenvalue weighted by molar-refractivity contribution is 7.09. The highest BCUT2D eigenvalue weighted by atomic mass is 32.1. The average Bonchev–Trinajstić information content (AvgIpc) is 3.20. The van der Waals surface area contributed by atoms with Gasteiger partial charge in [0.05, 0.1) is 17.1 Å². The van der Waals surface area contributed by atoms with Crippen LogP contribution in [0.5, 0.6) is 0 Å². The van der Waals surface area contributed by atoms with Crippen molar-refractivity contribution in [3.63, 3.8) is 0 Å². The Balaban J connectivity index is 1.43. The fourth-order valence-corrected chi connectivity index (χ4v) is 3.42. The first-order valence-corrected chi connectivity index (χ1v) is 9.13. The molecule has 4 aromatic rings. The molecule has 1 N–H and O–H groups in total. The first kappa shape index (κ1) is 16.5. The number of aryl methyl sites for hydroxylation is 2. The summed E-state index contributed by atoms with van der Waals surface area (Å²) >= 11 is 1.63. The number of thiazole rings is 1. The van der Waals surface area contributed by atoms with Gasteiger partial charge in [0.15, 0.2) is 11.5 Å². The number of carbonyl (C=O) groups is 1. The highest BCUT2D eigenvalue weighted by Crippen LogP contribution is 2.22. The summed E-state index contributed by atoms with van der Waals surface area (Å²) in [4.78, 5) is 21.1. The summed E-state index contributed by atoms with van der Waals surface area (Å²) in [5.74, 6) is 0.542. The molecule has 0 saturated carbocycles. The third-order valence-electron chi connectivity index (χ3n) is 4.01. The molecule has 130 valence electrons. The van der Waals surface area contributed by atoms with Crippen LogP contribution >= 0.6 is 11.3 Å². The predicted octanol–water partition coefficient (Wildman–Crippen LogP) is 4.75. The smallest absolute Gasteiger partial charge is 0.228 e. The van der Waals surface area contributed by atoms with Crippen LogP contribution in [0.2, 0.25) is 0 Å². The Morgan fingerprint density at radius 2 is 1.92 bits per heavy atom. The van der Waals surface area contributed by atoms with E-state index in [9.17, 15) is 4.79 Å². The molecule has 26 heavy (non-hydrogen) atoms. The summed E-state index contributed by atoms with van der Waals surface area (Å²) in [6.07, 6.45) is 0.312. The second-order valence-corrected chi connectivity index (χ2v) is 7.15. The molecule has 0 aliphatic rings. The lowest BCUT2D eigenvalue weighted by Crippen LogP contribution is -2.14. The number of hydrogen-bond donors (Lipinski definition) is 1. The minimum Gasteiger partial charge on any atom is -0.441 e. The number of anilines is 1. The van der Waals surface area contributed by atoms with Crippen molar-refractivity contribution in [1.82, 2.24) is 9.97 Å². The largest absolute Gasteiger partial charge is 0.441 e. The first-order chi connectivity index (χ1) is 12.6. The molecule has 5 nitrogen and oxygen atoms in total. The van der Waals surface area contributed by atoms with E-state index in [1.54, 1.807) is 18.3 Å². The summed E-state index contributed by atoms with van der Waals surface area (Å²) in [6.45, 7) is 3.79. The standard InChI is InChI=1S/C20H17N3O2S/c1-12-21-17-10-16(7-8-19(17)25-12)23-20(24)9-14-3-5-15(6-4-14)18-11-26-13(2)22-18/h3-8,10-11H,9H2,1-2H3,(H,23,24). The van der Waals surface area contributed by atoms with Crippen LogP contribution in [-0.2, 0) is 11.2 Å². The summed E-state index contributed by atoms with van der Waals surface area (Å²) in [7, 11) is 0. The number of carbonyl (C=O) groups excluding carboxylic acids is 1. The summed E-state index contributed by atoms with van der Waals surface area (Å²) in [5, 5.41) is 5.99. The lowest BCUT2D eigenvalue weighted by atomic mass is 10.1. The number of nitrogens with one attached hydrogen (secondary N) is 1. The quantitative estimate of drug-likeness (QED) is 0.568. The fourth-order valence-electron chi connectivity index (χ4n) is 2.80. The van der Waals surface area contributed by atoms with Crippen LogP contribution in [0.3, 0.4) is 0 Å². The molecule has 0 unspecified atom stereocenters. The maximum atomic E-state index is 12.3. The van der Waals surface area contributed by atoms with Crippen LogP contribution in [-0.4, -0.2) is 15.9 Å². The maximum Gasteiger partial charge on any atom is 0.228 e. The first-order valence-electron chi connectivity index (χ1n) is 8.25. The van der Waals surface area contributed by atoms with Gasteiger partial charge in [-0.05, 0) is 30.7 Å². The minimum absolute atomic E-state index is 0.0678. The molecule has 2 aromatic carbocycles. The normalized spacial score (nSPS) is 11.0. The highest BCUT2D eigenvalue weighted by Gasteiger charge is 2.08. The Hall–Kier alpha value is -2.99. The molecule has 0 spiro atoms. The van der Waals surface area contributed by atoms with Crippen molar-refractivity contribution in [2.45, 2.75) is 20.3 Å². The summed E-state index contributed by atoms with van der Waals surface area (Å²) in [5.41, 5.74) is 5.16. The number of rotatable bonds is 4. The van der Waals surface area contributed by atoms with E-state index in [0.717, 1.165) is 27.3 Å². The van der Waals surface area contributed by atoms with Gasteiger partial charge < -0.3 is 9.73 Å². The Morgan fingerprint density at radius 1 is 1.12 bits per heavy atom. The van der Waals surface area contributed by atoms with Crippen LogP contribution in [0.15, 0.2) is 52.3 Å². The Bertz CT molecular complexity index is 1080. The molecular formula is C20H17N3O2S. The Morgan fingerprint density at radius 3 is 2.65 bits per heavy atom. The second-order valence-electron chi connectivity index (χ2n) is 6.09. The van der Waals surface area contributed by atoms with Gasteiger partial charge in [-0.25, -0.2) is 9.97 Å². The van der Waals surface area contributed by atoms with E-state index in [-0.39, 0.29) is 5.91 Å². The molecule has 0 bridgehead atoms. The maximum absolute atomic E-state index is 12.3. The summed E-state index contributed by atoms with van der Waals surface area (Å²) < 4.78 is 5.44. The van der Waals surface area contributed by atoms with E-state index < -0.39 is 0 Å². The molecule has 2 aromatic heterocycles. The zero-order valence-electron chi connectivity index (χ0n) is 14.4. The number of fused-ring (bicyclic) bond motifs is 1. The van der Waals surface area contributed by atoms with Gasteiger partial charge in [-0.2, -0.15) is 0 Å². The second kappa shape index (κ2) is 6.72. The molecule has 4 rings (SSSR count). The van der Waals surface area contributed by atoms with Crippen LogP contribution in [0.4, 0.5) is 5.69 Å². The topological polar surface area (TPSA) is 68.0 Å². The van der Waals surface area contributed by atoms with Gasteiger partial charge in [0, 0.05) is 23.6 Å². The van der Waals surface area contributed by atoms with Gasteiger partial charge in [0.2, 0.25) is 5.91 Å². The number of nitrogens with zero attached hydrogens (tertiary/aromatic N) is 2. The zero-order chi connectivity index (χ0) is 18.1. The van der Waals surface area contributed by atoms with Crippen molar-refractivity contribution in [2.75, 3.05) is 5.32 Å². The molecule has 0 aliphatic carbocycles. The lowest BCUT2D eigenvalue weighted by Gasteiger charge is -2.06. The molecule has 0 radical (unpaired) electrons. The van der Waals surface area contributed by atoms with E-state index in [1.165, 1.54) is 0 Å². The third kappa shape index (κ3) is 3.50. The van der Waals surface area contributed by atoms with Gasteiger partial charge in [-0.1, -0.05) is 24.3 Å². The number of amides is 1. The number of oxazole rings is 1. The van der Waals surface area contributed by atoms with E-state index in [1.807, 2.05) is 54.8 Å². The Labute approximate surface area is 154 Å². The molecule has 0 aliphatic heterocycles. The molecular weight excluding hydrogens is 346 g/mol. The van der Waals surface area contributed by atoms with Gasteiger partial charge in [-0.3, -0.25) is 4.79 Å². The van der Waals surface area contributed by atoms with Gasteiger partial charge in [0.1, 0.15) is 5.52 Å². The van der Waals surface area contributed by atoms with Gasteiger partial charge in [0.25, 0.3) is 0 Å². The average molecular weight is 363 g/mol. The Kier molecular flexibility index (Phi) is 4.26. The fraction of sp³-hybridized carbons (Fsp3) is 0.150. The molecule has 0 fully saturated rings. The van der Waals surface area contributed by atoms with E-state index >= 15 is 0 Å². The molecule has 0 saturated heterocycles. The predicted molar refractivity (Wildman–Crippen MR) is 103 cm³/mol. The van der Waals surface area contributed by atoms with Crippen molar-refractivity contribution in [3.05, 3.63) is 64.3 Å². The number of benzene rings is 2.